The zero-order valence-electron chi connectivity index (χ0n) is 11.0. The van der Waals surface area contributed by atoms with E-state index in [0.717, 1.165) is 6.54 Å². The van der Waals surface area contributed by atoms with E-state index >= 15 is 0 Å². The minimum atomic E-state index is 0.558. The van der Waals surface area contributed by atoms with Crippen molar-refractivity contribution in [3.05, 3.63) is 20.8 Å². The van der Waals surface area contributed by atoms with E-state index in [4.69, 9.17) is 0 Å². The summed E-state index contributed by atoms with van der Waals surface area (Å²) in [5.74, 6) is 0. The molecule has 0 aliphatic rings. The van der Waals surface area contributed by atoms with Crippen molar-refractivity contribution in [2.24, 2.45) is 0 Å². The van der Waals surface area contributed by atoms with Gasteiger partial charge in [0, 0.05) is 20.8 Å². The molecule has 1 aromatic rings. The van der Waals surface area contributed by atoms with Crippen molar-refractivity contribution in [2.45, 2.75) is 58.4 Å². The Morgan fingerprint density at radius 3 is 2.65 bits per heavy atom. The van der Waals surface area contributed by atoms with Gasteiger partial charge < -0.3 is 5.32 Å². The SMILES string of the molecule is CCCCCCC(NCCC)c1cc(Br)cs1. The fourth-order valence-electron chi connectivity index (χ4n) is 1.95. The number of thiophene rings is 1. The van der Waals surface area contributed by atoms with Crippen molar-refractivity contribution in [1.29, 1.82) is 0 Å². The topological polar surface area (TPSA) is 12.0 Å². The summed E-state index contributed by atoms with van der Waals surface area (Å²) in [5.41, 5.74) is 0. The number of nitrogens with one attached hydrogen (secondary N) is 1. The second-order valence-electron chi connectivity index (χ2n) is 4.52. The molecule has 0 saturated carbocycles. The van der Waals surface area contributed by atoms with Crippen LogP contribution in [-0.2, 0) is 0 Å². The number of rotatable bonds is 9. The van der Waals surface area contributed by atoms with Crippen LogP contribution in [0.25, 0.3) is 0 Å². The first-order valence-electron chi connectivity index (χ1n) is 6.75. The Bertz CT molecular complexity index is 298. The Labute approximate surface area is 118 Å². The first-order valence-corrected chi connectivity index (χ1v) is 8.42. The van der Waals surface area contributed by atoms with Gasteiger partial charge in [-0.15, -0.1) is 11.3 Å². The normalized spacial score (nSPS) is 12.9. The molecule has 3 heteroatoms. The van der Waals surface area contributed by atoms with Gasteiger partial charge in [-0.2, -0.15) is 0 Å². The summed E-state index contributed by atoms with van der Waals surface area (Å²) < 4.78 is 1.22. The lowest BCUT2D eigenvalue weighted by atomic mass is 10.1. The average Bonchev–Trinajstić information content (AvgIpc) is 2.75. The molecule has 1 nitrogen and oxygen atoms in total. The van der Waals surface area contributed by atoms with E-state index in [1.54, 1.807) is 0 Å². The molecule has 1 rings (SSSR count). The second kappa shape index (κ2) is 9.12. The second-order valence-corrected chi connectivity index (χ2v) is 6.38. The maximum atomic E-state index is 3.67. The summed E-state index contributed by atoms with van der Waals surface area (Å²) in [4.78, 5) is 1.47. The largest absolute Gasteiger partial charge is 0.309 e. The maximum Gasteiger partial charge on any atom is 0.0415 e. The zero-order chi connectivity index (χ0) is 12.5. The van der Waals surface area contributed by atoms with Gasteiger partial charge in [0.25, 0.3) is 0 Å². The highest BCUT2D eigenvalue weighted by Gasteiger charge is 2.12. The number of halogens is 1. The first kappa shape index (κ1) is 15.2. The Morgan fingerprint density at radius 2 is 2.06 bits per heavy atom. The quantitative estimate of drug-likeness (QED) is 0.591. The van der Waals surface area contributed by atoms with Crippen LogP contribution in [0.4, 0.5) is 0 Å². The zero-order valence-corrected chi connectivity index (χ0v) is 13.4. The number of hydrogen-bond donors (Lipinski definition) is 1. The summed E-state index contributed by atoms with van der Waals surface area (Å²) in [6, 6.07) is 2.82. The van der Waals surface area contributed by atoms with Gasteiger partial charge in [-0.3, -0.25) is 0 Å². The molecule has 1 unspecified atom stereocenters. The summed E-state index contributed by atoms with van der Waals surface area (Å²) in [6.07, 6.45) is 7.87. The molecule has 0 saturated heterocycles. The van der Waals surface area contributed by atoms with Crippen LogP contribution in [0.2, 0.25) is 0 Å². The van der Waals surface area contributed by atoms with E-state index in [0.29, 0.717) is 6.04 Å². The molecular weight excluding hydrogens is 294 g/mol. The highest BCUT2D eigenvalue weighted by atomic mass is 79.9. The van der Waals surface area contributed by atoms with Crippen LogP contribution < -0.4 is 5.32 Å². The van der Waals surface area contributed by atoms with Crippen molar-refractivity contribution < 1.29 is 0 Å². The van der Waals surface area contributed by atoms with E-state index in [1.165, 1.54) is 47.9 Å². The Kier molecular flexibility index (Phi) is 8.15. The third kappa shape index (κ3) is 6.03. The molecule has 0 fully saturated rings. The van der Waals surface area contributed by atoms with Gasteiger partial charge in [-0.05, 0) is 41.4 Å². The highest BCUT2D eigenvalue weighted by Crippen LogP contribution is 2.28. The van der Waals surface area contributed by atoms with E-state index in [9.17, 15) is 0 Å². The molecule has 1 aromatic heterocycles. The summed E-state index contributed by atoms with van der Waals surface area (Å²) >= 11 is 5.41. The summed E-state index contributed by atoms with van der Waals surface area (Å²) in [5, 5.41) is 5.85. The van der Waals surface area contributed by atoms with E-state index in [2.05, 4.69) is 46.5 Å². The molecule has 0 aromatic carbocycles. The summed E-state index contributed by atoms with van der Waals surface area (Å²) in [6.45, 7) is 5.61. The van der Waals surface area contributed by atoms with Crippen molar-refractivity contribution in [3.8, 4) is 0 Å². The minimum Gasteiger partial charge on any atom is -0.309 e. The molecule has 1 atom stereocenters. The third-order valence-corrected chi connectivity index (χ3v) is 4.73. The average molecular weight is 318 g/mol. The van der Waals surface area contributed by atoms with Gasteiger partial charge >= 0.3 is 0 Å². The van der Waals surface area contributed by atoms with Crippen molar-refractivity contribution in [2.75, 3.05) is 6.54 Å². The smallest absolute Gasteiger partial charge is 0.0415 e. The fraction of sp³-hybridized carbons (Fsp3) is 0.714. The van der Waals surface area contributed by atoms with Crippen LogP contribution in [0.3, 0.4) is 0 Å². The molecule has 1 N–H and O–H groups in total. The van der Waals surface area contributed by atoms with Gasteiger partial charge in [0.05, 0.1) is 0 Å². The Hall–Kier alpha value is 0.140. The van der Waals surface area contributed by atoms with Gasteiger partial charge in [-0.25, -0.2) is 0 Å². The third-order valence-electron chi connectivity index (χ3n) is 2.92. The molecule has 98 valence electrons. The molecule has 17 heavy (non-hydrogen) atoms. The van der Waals surface area contributed by atoms with Crippen LogP contribution in [0.1, 0.15) is 63.3 Å². The van der Waals surface area contributed by atoms with Crippen LogP contribution in [-0.4, -0.2) is 6.54 Å². The van der Waals surface area contributed by atoms with Crippen molar-refractivity contribution >= 4 is 27.3 Å². The van der Waals surface area contributed by atoms with Crippen molar-refractivity contribution in [3.63, 3.8) is 0 Å². The van der Waals surface area contributed by atoms with Gasteiger partial charge in [0.15, 0.2) is 0 Å². The first-order chi connectivity index (χ1) is 8.27. The fourth-order valence-corrected chi connectivity index (χ4v) is 3.51. The van der Waals surface area contributed by atoms with Gasteiger partial charge in [-0.1, -0.05) is 39.5 Å². The van der Waals surface area contributed by atoms with E-state index in [1.807, 2.05) is 11.3 Å². The number of hydrogen-bond acceptors (Lipinski definition) is 2. The van der Waals surface area contributed by atoms with E-state index in [-0.39, 0.29) is 0 Å². The molecule has 0 aliphatic carbocycles. The lowest BCUT2D eigenvalue weighted by Crippen LogP contribution is -2.21. The molecule has 0 spiro atoms. The monoisotopic (exact) mass is 317 g/mol. The molecule has 0 amide bonds. The highest BCUT2D eigenvalue weighted by molar-refractivity contribution is 9.10. The predicted octanol–water partition coefficient (Wildman–Crippen LogP) is 5.52. The van der Waals surface area contributed by atoms with Crippen LogP contribution >= 0.6 is 27.3 Å². The van der Waals surface area contributed by atoms with Crippen molar-refractivity contribution in [1.82, 2.24) is 5.32 Å². The maximum absolute atomic E-state index is 3.67. The predicted molar refractivity (Wildman–Crippen MR) is 81.8 cm³/mol. The molecule has 0 aliphatic heterocycles. The molecular formula is C14H24BrNS. The minimum absolute atomic E-state index is 0.558. The number of unbranched alkanes of at least 4 members (excludes halogenated alkanes) is 3. The lowest BCUT2D eigenvalue weighted by molar-refractivity contribution is 0.476. The standard InChI is InChI=1S/C14H24BrNS/c1-3-5-6-7-8-13(16-9-4-2)14-10-12(15)11-17-14/h10-11,13,16H,3-9H2,1-2H3. The summed E-state index contributed by atoms with van der Waals surface area (Å²) in [7, 11) is 0. The lowest BCUT2D eigenvalue weighted by Gasteiger charge is -2.16. The van der Waals surface area contributed by atoms with Gasteiger partial charge in [0.2, 0.25) is 0 Å². The Morgan fingerprint density at radius 1 is 1.24 bits per heavy atom. The van der Waals surface area contributed by atoms with Crippen LogP contribution in [0, 0.1) is 0 Å². The molecule has 1 heterocycles. The molecule has 0 radical (unpaired) electrons. The molecule has 0 bridgehead atoms. The van der Waals surface area contributed by atoms with E-state index < -0.39 is 0 Å². The van der Waals surface area contributed by atoms with Gasteiger partial charge in [0.1, 0.15) is 0 Å². The van der Waals surface area contributed by atoms with Crippen LogP contribution in [0.15, 0.2) is 15.9 Å². The Balaban J connectivity index is 2.42. The van der Waals surface area contributed by atoms with Crippen LogP contribution in [0.5, 0.6) is 0 Å².